The monoisotopic (exact) mass is 392 g/mol. The average molecular weight is 393 g/mol. The SMILES string of the molecule is Cn1cccc1[C@H]1CCCCCN1C(=S)Nc1cc([N+](=O)[O-])ccc1Cl. The fourth-order valence-corrected chi connectivity index (χ4v) is 3.88. The molecule has 3 rings (SSSR count). The van der Waals surface area contributed by atoms with E-state index in [1.807, 2.05) is 19.3 Å². The molecule has 0 radical (unpaired) electrons. The van der Waals surface area contributed by atoms with E-state index in [0.29, 0.717) is 15.8 Å². The molecule has 0 saturated carbocycles. The smallest absolute Gasteiger partial charge is 0.271 e. The Hall–Kier alpha value is -2.12. The molecule has 0 amide bonds. The quantitative estimate of drug-likeness (QED) is 0.457. The van der Waals surface area contributed by atoms with E-state index < -0.39 is 4.92 Å². The largest absolute Gasteiger partial charge is 0.353 e. The predicted octanol–water partition coefficient (Wildman–Crippen LogP) is 4.90. The Labute approximate surface area is 162 Å². The number of nitrogens with zero attached hydrogens (tertiary/aromatic N) is 3. The van der Waals surface area contributed by atoms with Gasteiger partial charge in [0, 0.05) is 37.6 Å². The predicted molar refractivity (Wildman–Crippen MR) is 108 cm³/mol. The van der Waals surface area contributed by atoms with Gasteiger partial charge in [-0.15, -0.1) is 0 Å². The number of anilines is 1. The van der Waals surface area contributed by atoms with E-state index in [1.54, 1.807) is 0 Å². The second-order valence-electron chi connectivity index (χ2n) is 6.45. The first kappa shape index (κ1) is 18.7. The second-order valence-corrected chi connectivity index (χ2v) is 7.25. The molecule has 1 aromatic heterocycles. The lowest BCUT2D eigenvalue weighted by Gasteiger charge is -2.33. The van der Waals surface area contributed by atoms with Crippen molar-refractivity contribution in [3.05, 3.63) is 57.4 Å². The van der Waals surface area contributed by atoms with Crippen LogP contribution in [0.1, 0.15) is 37.4 Å². The van der Waals surface area contributed by atoms with Gasteiger partial charge < -0.3 is 14.8 Å². The number of hydrogen-bond acceptors (Lipinski definition) is 3. The molecule has 8 heteroatoms. The zero-order valence-corrected chi connectivity index (χ0v) is 16.1. The van der Waals surface area contributed by atoms with E-state index in [9.17, 15) is 10.1 Å². The van der Waals surface area contributed by atoms with Crippen LogP contribution in [0.2, 0.25) is 5.02 Å². The maximum Gasteiger partial charge on any atom is 0.271 e. The molecule has 1 aliphatic rings. The molecular formula is C18H21ClN4O2S. The summed E-state index contributed by atoms with van der Waals surface area (Å²) < 4.78 is 2.12. The molecule has 1 aliphatic heterocycles. The number of aromatic nitrogens is 1. The van der Waals surface area contributed by atoms with Crippen molar-refractivity contribution in [2.75, 3.05) is 11.9 Å². The van der Waals surface area contributed by atoms with Crippen LogP contribution in [0.3, 0.4) is 0 Å². The molecule has 1 N–H and O–H groups in total. The van der Waals surface area contributed by atoms with E-state index in [1.165, 1.54) is 23.9 Å². The van der Waals surface area contributed by atoms with E-state index in [0.717, 1.165) is 32.2 Å². The number of rotatable bonds is 3. The van der Waals surface area contributed by atoms with Crippen molar-refractivity contribution >= 4 is 40.3 Å². The molecule has 0 unspecified atom stereocenters. The first-order chi connectivity index (χ1) is 12.5. The van der Waals surface area contributed by atoms with E-state index in [-0.39, 0.29) is 11.7 Å². The van der Waals surface area contributed by atoms with Gasteiger partial charge in [-0.2, -0.15) is 0 Å². The summed E-state index contributed by atoms with van der Waals surface area (Å²) in [6.07, 6.45) is 6.42. The second kappa shape index (κ2) is 8.05. The van der Waals surface area contributed by atoms with Gasteiger partial charge in [-0.05, 0) is 43.3 Å². The highest BCUT2D eigenvalue weighted by atomic mass is 35.5. The number of nitro benzene ring substituents is 1. The zero-order chi connectivity index (χ0) is 18.7. The molecule has 2 heterocycles. The lowest BCUT2D eigenvalue weighted by molar-refractivity contribution is -0.384. The van der Waals surface area contributed by atoms with Crippen LogP contribution in [0.15, 0.2) is 36.5 Å². The molecule has 0 spiro atoms. The van der Waals surface area contributed by atoms with E-state index in [4.69, 9.17) is 23.8 Å². The number of halogens is 1. The van der Waals surface area contributed by atoms with Crippen LogP contribution in [0, 0.1) is 10.1 Å². The minimum absolute atomic E-state index is 0.0189. The van der Waals surface area contributed by atoms with Crippen molar-refractivity contribution < 1.29 is 4.92 Å². The molecule has 1 saturated heterocycles. The van der Waals surface area contributed by atoms with Gasteiger partial charge >= 0.3 is 0 Å². The molecule has 0 aliphatic carbocycles. The molecule has 1 aromatic carbocycles. The number of nitro groups is 1. The molecular weight excluding hydrogens is 372 g/mol. The van der Waals surface area contributed by atoms with Crippen molar-refractivity contribution in [1.29, 1.82) is 0 Å². The summed E-state index contributed by atoms with van der Waals surface area (Å²) in [7, 11) is 2.03. The molecule has 138 valence electrons. The van der Waals surface area contributed by atoms with Crippen molar-refractivity contribution in [3.63, 3.8) is 0 Å². The molecule has 1 atom stereocenters. The van der Waals surface area contributed by atoms with Gasteiger partial charge in [0.15, 0.2) is 5.11 Å². The number of likely N-dealkylation sites (tertiary alicyclic amines) is 1. The fraction of sp³-hybridized carbons (Fsp3) is 0.389. The van der Waals surface area contributed by atoms with Gasteiger partial charge in [-0.1, -0.05) is 24.4 Å². The van der Waals surface area contributed by atoms with Gasteiger partial charge in [0.2, 0.25) is 0 Å². The summed E-state index contributed by atoms with van der Waals surface area (Å²) in [5.74, 6) is 0. The van der Waals surface area contributed by atoms with Crippen molar-refractivity contribution in [1.82, 2.24) is 9.47 Å². The topological polar surface area (TPSA) is 63.3 Å². The van der Waals surface area contributed by atoms with E-state index >= 15 is 0 Å². The number of non-ortho nitro benzene ring substituents is 1. The molecule has 2 aromatic rings. The molecule has 6 nitrogen and oxygen atoms in total. The third kappa shape index (κ3) is 3.99. The Bertz CT molecular complexity index is 823. The number of hydrogen-bond donors (Lipinski definition) is 1. The van der Waals surface area contributed by atoms with Crippen LogP contribution in [0.4, 0.5) is 11.4 Å². The van der Waals surface area contributed by atoms with Crippen molar-refractivity contribution in [2.45, 2.75) is 31.7 Å². The Morgan fingerprint density at radius 3 is 2.85 bits per heavy atom. The minimum Gasteiger partial charge on any atom is -0.353 e. The highest BCUT2D eigenvalue weighted by Gasteiger charge is 2.26. The summed E-state index contributed by atoms with van der Waals surface area (Å²) in [5, 5.41) is 15.1. The highest BCUT2D eigenvalue weighted by Crippen LogP contribution is 2.32. The van der Waals surface area contributed by atoms with Gasteiger partial charge in [-0.3, -0.25) is 10.1 Å². The molecule has 0 bridgehead atoms. The van der Waals surface area contributed by atoms with Crippen LogP contribution >= 0.6 is 23.8 Å². The zero-order valence-electron chi connectivity index (χ0n) is 14.5. The lowest BCUT2D eigenvalue weighted by Crippen LogP contribution is -2.38. The Balaban J connectivity index is 1.86. The van der Waals surface area contributed by atoms with Crippen LogP contribution in [0.25, 0.3) is 0 Å². The lowest BCUT2D eigenvalue weighted by atomic mass is 10.1. The Morgan fingerprint density at radius 2 is 2.15 bits per heavy atom. The summed E-state index contributed by atoms with van der Waals surface area (Å²) in [4.78, 5) is 12.8. The minimum atomic E-state index is -0.441. The maximum atomic E-state index is 11.0. The van der Waals surface area contributed by atoms with Crippen LogP contribution in [0.5, 0.6) is 0 Å². The van der Waals surface area contributed by atoms with Gasteiger partial charge in [0.05, 0.1) is 21.7 Å². The fourth-order valence-electron chi connectivity index (χ4n) is 3.39. The normalized spacial score (nSPS) is 17.6. The number of benzene rings is 1. The van der Waals surface area contributed by atoms with Crippen molar-refractivity contribution in [2.24, 2.45) is 7.05 Å². The van der Waals surface area contributed by atoms with Gasteiger partial charge in [-0.25, -0.2) is 0 Å². The standard InChI is InChI=1S/C18H21ClN4O2S/c1-21-10-5-7-16(21)17-6-3-2-4-11-22(17)18(26)20-15-12-13(23(24)25)8-9-14(15)19/h5,7-10,12,17H,2-4,6,11H2,1H3,(H,20,26)/t17-/m1/s1. The summed E-state index contributed by atoms with van der Waals surface area (Å²) in [6.45, 7) is 0.841. The summed E-state index contributed by atoms with van der Waals surface area (Å²) in [5.41, 5.74) is 1.65. The third-order valence-corrected chi connectivity index (χ3v) is 5.41. The molecule has 26 heavy (non-hydrogen) atoms. The molecule has 1 fully saturated rings. The number of thiocarbonyl (C=S) groups is 1. The van der Waals surface area contributed by atoms with Crippen molar-refractivity contribution in [3.8, 4) is 0 Å². The van der Waals surface area contributed by atoms with Gasteiger partial charge in [0.25, 0.3) is 5.69 Å². The van der Waals surface area contributed by atoms with Gasteiger partial charge in [0.1, 0.15) is 0 Å². The first-order valence-electron chi connectivity index (χ1n) is 8.60. The average Bonchev–Trinajstić information content (AvgIpc) is 2.89. The van der Waals surface area contributed by atoms with Crippen LogP contribution < -0.4 is 5.32 Å². The van der Waals surface area contributed by atoms with Crippen LogP contribution in [-0.2, 0) is 7.05 Å². The number of nitrogens with one attached hydrogen (secondary N) is 1. The maximum absolute atomic E-state index is 11.0. The first-order valence-corrected chi connectivity index (χ1v) is 9.39. The Morgan fingerprint density at radius 1 is 1.35 bits per heavy atom. The number of aryl methyl sites for hydroxylation is 1. The van der Waals surface area contributed by atoms with Crippen LogP contribution in [-0.4, -0.2) is 26.0 Å². The summed E-state index contributed by atoms with van der Waals surface area (Å²) >= 11 is 11.9. The highest BCUT2D eigenvalue weighted by molar-refractivity contribution is 7.80. The third-order valence-electron chi connectivity index (χ3n) is 4.74. The summed E-state index contributed by atoms with van der Waals surface area (Å²) in [6, 6.07) is 8.65. The Kier molecular flexibility index (Phi) is 5.78. The van der Waals surface area contributed by atoms with E-state index in [2.05, 4.69) is 20.9 Å².